The van der Waals surface area contributed by atoms with Crippen LogP contribution in [0.3, 0.4) is 0 Å². The summed E-state index contributed by atoms with van der Waals surface area (Å²) in [5.41, 5.74) is 1.08. The van der Waals surface area contributed by atoms with E-state index in [0.717, 1.165) is 23.3 Å². The van der Waals surface area contributed by atoms with E-state index in [1.165, 1.54) is 15.6 Å². The van der Waals surface area contributed by atoms with Crippen LogP contribution < -0.4 is 4.72 Å². The van der Waals surface area contributed by atoms with Crippen LogP contribution in [0.5, 0.6) is 0 Å². The Morgan fingerprint density at radius 3 is 2.52 bits per heavy atom. The first kappa shape index (κ1) is 16.3. The van der Waals surface area contributed by atoms with E-state index in [2.05, 4.69) is 4.72 Å². The molecule has 0 amide bonds. The summed E-state index contributed by atoms with van der Waals surface area (Å²) in [5.74, 6) is -0.488. The summed E-state index contributed by atoms with van der Waals surface area (Å²) < 4.78 is 33.6. The Morgan fingerprint density at radius 2 is 1.95 bits per heavy atom. The molecule has 0 unspecified atom stereocenters. The summed E-state index contributed by atoms with van der Waals surface area (Å²) in [5, 5.41) is 0.343. The number of aryl methyl sites for hydroxylation is 1. The van der Waals surface area contributed by atoms with Gasteiger partial charge in [0.25, 0.3) is 0 Å². The Hall–Kier alpha value is -1.12. The molecule has 8 heteroatoms. The van der Waals surface area contributed by atoms with Gasteiger partial charge in [0, 0.05) is 18.0 Å². The molecule has 21 heavy (non-hydrogen) atoms. The van der Waals surface area contributed by atoms with Crippen LogP contribution in [0.25, 0.3) is 0 Å². The van der Waals surface area contributed by atoms with Crippen LogP contribution in [0.4, 0.5) is 5.00 Å². The molecule has 6 nitrogen and oxygen atoms in total. The number of thiophene rings is 1. The number of nitrogens with zero attached hydrogens (tertiary/aromatic N) is 1. The van der Waals surface area contributed by atoms with E-state index in [4.69, 9.17) is 4.74 Å². The summed E-state index contributed by atoms with van der Waals surface area (Å²) in [6, 6.07) is 0. The van der Waals surface area contributed by atoms with Gasteiger partial charge in [-0.05, 0) is 39.2 Å². The van der Waals surface area contributed by atoms with Crippen LogP contribution in [0, 0.1) is 13.8 Å². The molecule has 0 spiro atoms. The van der Waals surface area contributed by atoms with Gasteiger partial charge in [-0.2, -0.15) is 12.7 Å². The quantitative estimate of drug-likeness (QED) is 0.840. The van der Waals surface area contributed by atoms with E-state index >= 15 is 0 Å². The Bertz CT molecular complexity index is 631. The summed E-state index contributed by atoms with van der Waals surface area (Å²) >= 11 is 1.26. The van der Waals surface area contributed by atoms with Crippen molar-refractivity contribution in [3.05, 3.63) is 16.0 Å². The van der Waals surface area contributed by atoms with Crippen molar-refractivity contribution < 1.29 is 17.9 Å². The minimum atomic E-state index is -3.60. The lowest BCUT2D eigenvalue weighted by Crippen LogP contribution is -2.33. The van der Waals surface area contributed by atoms with Gasteiger partial charge >= 0.3 is 16.2 Å². The molecule has 1 N–H and O–H groups in total. The number of carbonyl (C=O) groups is 1. The Kier molecular flexibility index (Phi) is 4.90. The van der Waals surface area contributed by atoms with Crippen LogP contribution in [-0.2, 0) is 14.9 Å². The maximum absolute atomic E-state index is 12.3. The van der Waals surface area contributed by atoms with E-state index < -0.39 is 16.2 Å². The van der Waals surface area contributed by atoms with Gasteiger partial charge in [0.05, 0.1) is 12.2 Å². The first-order valence-corrected chi connectivity index (χ1v) is 9.17. The highest BCUT2D eigenvalue weighted by Gasteiger charge is 2.29. The SMILES string of the molecule is CCOC(=O)c1c(NS(=O)(=O)N2CCCC2)sc(C)c1C. The maximum Gasteiger partial charge on any atom is 0.341 e. The lowest BCUT2D eigenvalue weighted by molar-refractivity contribution is 0.0527. The number of hydrogen-bond donors (Lipinski definition) is 1. The second-order valence-corrected chi connectivity index (χ2v) is 7.82. The molecule has 2 heterocycles. The number of hydrogen-bond acceptors (Lipinski definition) is 5. The van der Waals surface area contributed by atoms with Crippen molar-refractivity contribution in [1.29, 1.82) is 0 Å². The molecule has 0 aromatic carbocycles. The number of anilines is 1. The lowest BCUT2D eigenvalue weighted by Gasteiger charge is -2.16. The predicted molar refractivity (Wildman–Crippen MR) is 83.1 cm³/mol. The number of ether oxygens (including phenoxy) is 1. The molecule has 1 aliphatic heterocycles. The Morgan fingerprint density at radius 1 is 1.33 bits per heavy atom. The third-order valence-corrected chi connectivity index (χ3v) is 6.25. The molecule has 1 aromatic heterocycles. The van der Waals surface area contributed by atoms with Crippen molar-refractivity contribution in [1.82, 2.24) is 4.31 Å². The molecular weight excluding hydrogens is 312 g/mol. The molecule has 1 aromatic rings. The van der Waals surface area contributed by atoms with Gasteiger partial charge in [0.2, 0.25) is 0 Å². The topological polar surface area (TPSA) is 75.7 Å². The highest BCUT2D eigenvalue weighted by Crippen LogP contribution is 2.34. The average molecular weight is 332 g/mol. The van der Waals surface area contributed by atoms with Crippen LogP contribution in [0.1, 0.15) is 40.6 Å². The van der Waals surface area contributed by atoms with Crippen molar-refractivity contribution in [3.8, 4) is 0 Å². The van der Waals surface area contributed by atoms with Crippen molar-refractivity contribution >= 4 is 32.5 Å². The summed E-state index contributed by atoms with van der Waals surface area (Å²) in [6.07, 6.45) is 1.74. The smallest absolute Gasteiger partial charge is 0.341 e. The second kappa shape index (κ2) is 6.33. The van der Waals surface area contributed by atoms with Crippen molar-refractivity contribution in [2.45, 2.75) is 33.6 Å². The third kappa shape index (κ3) is 3.38. The minimum absolute atomic E-state index is 0.255. The van der Waals surface area contributed by atoms with E-state index in [1.807, 2.05) is 6.92 Å². The Balaban J connectivity index is 2.31. The van der Waals surface area contributed by atoms with Gasteiger partial charge in [-0.15, -0.1) is 11.3 Å². The third-order valence-electron chi connectivity index (χ3n) is 3.49. The molecule has 2 rings (SSSR count). The molecule has 0 aliphatic carbocycles. The molecule has 0 bridgehead atoms. The van der Waals surface area contributed by atoms with Gasteiger partial charge in [-0.25, -0.2) is 4.79 Å². The minimum Gasteiger partial charge on any atom is -0.462 e. The summed E-state index contributed by atoms with van der Waals surface area (Å²) in [7, 11) is -3.60. The number of rotatable bonds is 5. The van der Waals surface area contributed by atoms with E-state index in [1.54, 1.807) is 13.8 Å². The number of esters is 1. The maximum atomic E-state index is 12.3. The zero-order valence-corrected chi connectivity index (χ0v) is 14.1. The van der Waals surface area contributed by atoms with Crippen LogP contribution >= 0.6 is 11.3 Å². The zero-order valence-electron chi connectivity index (χ0n) is 12.4. The monoisotopic (exact) mass is 332 g/mol. The Labute approximate surface area is 129 Å². The van der Waals surface area contributed by atoms with Gasteiger partial charge in [-0.3, -0.25) is 4.72 Å². The molecule has 1 fully saturated rings. The molecule has 0 atom stereocenters. The summed E-state index contributed by atoms with van der Waals surface area (Å²) in [6.45, 7) is 6.68. The molecule has 0 radical (unpaired) electrons. The van der Waals surface area contributed by atoms with E-state index in [0.29, 0.717) is 23.7 Å². The first-order valence-electron chi connectivity index (χ1n) is 6.91. The molecule has 1 aliphatic rings. The fourth-order valence-corrected chi connectivity index (χ4v) is 4.84. The van der Waals surface area contributed by atoms with E-state index in [-0.39, 0.29) is 6.61 Å². The molecule has 118 valence electrons. The highest BCUT2D eigenvalue weighted by molar-refractivity contribution is 7.90. The van der Waals surface area contributed by atoms with Crippen LogP contribution in [-0.4, -0.2) is 38.4 Å². The fraction of sp³-hybridized carbons (Fsp3) is 0.615. The standard InChI is InChI=1S/C13H20N2O4S2/c1-4-19-13(16)11-9(2)10(3)20-12(11)14-21(17,18)15-7-5-6-8-15/h14H,4-8H2,1-3H3. The predicted octanol–water partition coefficient (Wildman–Crippen LogP) is 2.29. The first-order chi connectivity index (χ1) is 9.86. The number of nitrogens with one attached hydrogen (secondary N) is 1. The van der Waals surface area contributed by atoms with Gasteiger partial charge in [-0.1, -0.05) is 0 Å². The normalized spacial score (nSPS) is 16.1. The zero-order chi connectivity index (χ0) is 15.6. The largest absolute Gasteiger partial charge is 0.462 e. The van der Waals surface area contributed by atoms with Crippen molar-refractivity contribution in [2.24, 2.45) is 0 Å². The van der Waals surface area contributed by atoms with Gasteiger partial charge in [0.1, 0.15) is 5.00 Å². The second-order valence-electron chi connectivity index (χ2n) is 4.92. The van der Waals surface area contributed by atoms with Crippen LogP contribution in [0.15, 0.2) is 0 Å². The molecular formula is C13H20N2O4S2. The van der Waals surface area contributed by atoms with Crippen molar-refractivity contribution in [3.63, 3.8) is 0 Å². The summed E-state index contributed by atoms with van der Waals surface area (Å²) in [4.78, 5) is 12.9. The molecule has 1 saturated heterocycles. The average Bonchev–Trinajstić information content (AvgIpc) is 3.00. The fourth-order valence-electron chi connectivity index (χ4n) is 2.26. The highest BCUT2D eigenvalue weighted by atomic mass is 32.2. The van der Waals surface area contributed by atoms with Gasteiger partial charge < -0.3 is 4.74 Å². The van der Waals surface area contributed by atoms with Gasteiger partial charge in [0.15, 0.2) is 0 Å². The number of carbonyl (C=O) groups excluding carboxylic acids is 1. The van der Waals surface area contributed by atoms with Crippen LogP contribution in [0.2, 0.25) is 0 Å². The van der Waals surface area contributed by atoms with Crippen molar-refractivity contribution in [2.75, 3.05) is 24.4 Å². The lowest BCUT2D eigenvalue weighted by atomic mass is 10.2. The molecule has 0 saturated carbocycles. The van der Waals surface area contributed by atoms with E-state index in [9.17, 15) is 13.2 Å².